The first kappa shape index (κ1) is 20.1. The van der Waals surface area contributed by atoms with Crippen LogP contribution in [-0.4, -0.2) is 17.0 Å². The number of fused-ring (bicyclic) bond motifs is 1. The van der Waals surface area contributed by atoms with Crippen LogP contribution in [0.15, 0.2) is 42.5 Å². The first-order chi connectivity index (χ1) is 13.5. The van der Waals surface area contributed by atoms with Crippen molar-refractivity contribution in [2.75, 3.05) is 0 Å². The fraction of sp³-hybridized carbons (Fsp3) is 0.391. The van der Waals surface area contributed by atoms with E-state index in [2.05, 4.69) is 43.4 Å². The van der Waals surface area contributed by atoms with Crippen molar-refractivity contribution in [3.05, 3.63) is 70.3 Å². The number of hydrogen-bond acceptors (Lipinski definition) is 3. The zero-order valence-corrected chi connectivity index (χ0v) is 16.5. The number of nitrogens with one attached hydrogen (secondary N) is 2. The molecule has 148 valence electrons. The second-order valence-corrected chi connectivity index (χ2v) is 7.63. The lowest BCUT2D eigenvalue weighted by Gasteiger charge is -2.24. The van der Waals surface area contributed by atoms with Crippen LogP contribution in [0.4, 0.5) is 0 Å². The van der Waals surface area contributed by atoms with E-state index in [4.69, 9.17) is 5.21 Å². The van der Waals surface area contributed by atoms with Crippen molar-refractivity contribution in [2.45, 2.75) is 52.0 Å². The molecule has 2 amide bonds. The number of carbonyl (C=O) groups excluding carboxylic acids is 2. The first-order valence-electron chi connectivity index (χ1n) is 9.94. The van der Waals surface area contributed by atoms with Crippen LogP contribution < -0.4 is 10.8 Å². The second-order valence-electron chi connectivity index (χ2n) is 7.63. The lowest BCUT2D eigenvalue weighted by atomic mass is 9.82. The van der Waals surface area contributed by atoms with Crippen LogP contribution in [0.2, 0.25) is 0 Å². The quantitative estimate of drug-likeness (QED) is 0.528. The number of amides is 2. The van der Waals surface area contributed by atoms with Gasteiger partial charge in [0.15, 0.2) is 0 Å². The summed E-state index contributed by atoms with van der Waals surface area (Å²) in [7, 11) is 0. The molecular formula is C23H28N2O3. The van der Waals surface area contributed by atoms with E-state index in [0.717, 1.165) is 30.4 Å². The molecule has 0 radical (unpaired) electrons. The van der Waals surface area contributed by atoms with E-state index in [9.17, 15) is 9.59 Å². The number of carbonyl (C=O) groups is 2. The van der Waals surface area contributed by atoms with Crippen LogP contribution in [0.3, 0.4) is 0 Å². The van der Waals surface area contributed by atoms with Gasteiger partial charge in [0.1, 0.15) is 0 Å². The number of aryl methyl sites for hydroxylation is 1. The van der Waals surface area contributed by atoms with Crippen LogP contribution >= 0.6 is 0 Å². The number of benzene rings is 2. The summed E-state index contributed by atoms with van der Waals surface area (Å²) in [5, 5.41) is 11.9. The average Bonchev–Trinajstić information content (AvgIpc) is 2.75. The molecule has 2 aromatic carbocycles. The van der Waals surface area contributed by atoms with Gasteiger partial charge in [0.05, 0.1) is 0 Å². The molecular weight excluding hydrogens is 352 g/mol. The Balaban J connectivity index is 1.59. The summed E-state index contributed by atoms with van der Waals surface area (Å²) < 4.78 is 0. The Hall–Kier alpha value is -2.66. The predicted octanol–water partition coefficient (Wildman–Crippen LogP) is 3.74. The van der Waals surface area contributed by atoms with Gasteiger partial charge in [0, 0.05) is 18.0 Å². The average molecular weight is 380 g/mol. The zero-order valence-electron chi connectivity index (χ0n) is 16.5. The molecule has 0 heterocycles. The Morgan fingerprint density at radius 3 is 2.57 bits per heavy atom. The zero-order chi connectivity index (χ0) is 20.1. The smallest absolute Gasteiger partial charge is 0.274 e. The molecule has 28 heavy (non-hydrogen) atoms. The fourth-order valence-electron chi connectivity index (χ4n) is 3.72. The highest BCUT2D eigenvalue weighted by Crippen LogP contribution is 2.27. The number of rotatable bonds is 6. The van der Waals surface area contributed by atoms with Crippen LogP contribution in [0.1, 0.15) is 65.2 Å². The van der Waals surface area contributed by atoms with Gasteiger partial charge in [-0.1, -0.05) is 44.2 Å². The van der Waals surface area contributed by atoms with Crippen molar-refractivity contribution in [1.29, 1.82) is 0 Å². The molecule has 1 aliphatic carbocycles. The van der Waals surface area contributed by atoms with Gasteiger partial charge in [0.2, 0.25) is 5.91 Å². The van der Waals surface area contributed by atoms with Gasteiger partial charge in [-0.2, -0.15) is 0 Å². The molecule has 0 aliphatic heterocycles. The van der Waals surface area contributed by atoms with E-state index in [-0.39, 0.29) is 11.8 Å². The third-order valence-corrected chi connectivity index (χ3v) is 5.80. The van der Waals surface area contributed by atoms with Gasteiger partial charge in [-0.3, -0.25) is 14.8 Å². The van der Waals surface area contributed by atoms with E-state index in [1.807, 2.05) is 6.07 Å². The molecule has 2 unspecified atom stereocenters. The molecule has 0 saturated carbocycles. The van der Waals surface area contributed by atoms with Crippen molar-refractivity contribution in [3.63, 3.8) is 0 Å². The minimum absolute atomic E-state index is 0.0497. The standard InChI is InChI=1S/C23H28N2O3/c1-3-15(2)17-6-4-16(5-7-17)14-24-22(26)19-10-8-18-9-11-20(23(27)25-28)13-21(18)12-19/h4-7,9,11,13,15,19,28H,3,8,10,12,14H2,1-2H3,(H,24,26)(H,25,27). The number of hydroxylamine groups is 1. The minimum Gasteiger partial charge on any atom is -0.352 e. The molecule has 5 nitrogen and oxygen atoms in total. The maximum Gasteiger partial charge on any atom is 0.274 e. The molecule has 0 bridgehead atoms. The molecule has 1 aliphatic rings. The third kappa shape index (κ3) is 4.60. The highest BCUT2D eigenvalue weighted by atomic mass is 16.5. The number of hydrogen-bond donors (Lipinski definition) is 3. The minimum atomic E-state index is -0.532. The first-order valence-corrected chi connectivity index (χ1v) is 9.94. The molecule has 2 aromatic rings. The van der Waals surface area contributed by atoms with Crippen LogP contribution in [0.25, 0.3) is 0 Å². The summed E-state index contributed by atoms with van der Waals surface area (Å²) in [5.41, 5.74) is 6.65. The van der Waals surface area contributed by atoms with E-state index < -0.39 is 5.91 Å². The van der Waals surface area contributed by atoms with Gasteiger partial charge in [-0.05, 0) is 66.0 Å². The fourth-order valence-corrected chi connectivity index (χ4v) is 3.72. The Labute approximate surface area is 166 Å². The predicted molar refractivity (Wildman–Crippen MR) is 108 cm³/mol. The lowest BCUT2D eigenvalue weighted by Crippen LogP contribution is -2.33. The van der Waals surface area contributed by atoms with E-state index in [1.54, 1.807) is 17.6 Å². The van der Waals surface area contributed by atoms with Crippen LogP contribution in [-0.2, 0) is 24.2 Å². The van der Waals surface area contributed by atoms with Gasteiger partial charge in [-0.15, -0.1) is 0 Å². The van der Waals surface area contributed by atoms with Crippen molar-refractivity contribution in [3.8, 4) is 0 Å². The van der Waals surface area contributed by atoms with Gasteiger partial charge in [-0.25, -0.2) is 5.48 Å². The summed E-state index contributed by atoms with van der Waals surface area (Å²) in [4.78, 5) is 24.3. The Bertz CT molecular complexity index is 845. The van der Waals surface area contributed by atoms with E-state index in [1.165, 1.54) is 11.1 Å². The molecule has 0 fully saturated rings. The molecule has 0 saturated heterocycles. The topological polar surface area (TPSA) is 78.4 Å². The molecule has 5 heteroatoms. The largest absolute Gasteiger partial charge is 0.352 e. The van der Waals surface area contributed by atoms with Gasteiger partial charge >= 0.3 is 0 Å². The Morgan fingerprint density at radius 1 is 1.14 bits per heavy atom. The summed E-state index contributed by atoms with van der Waals surface area (Å²) in [6.45, 7) is 4.92. The van der Waals surface area contributed by atoms with Crippen molar-refractivity contribution in [1.82, 2.24) is 10.8 Å². The van der Waals surface area contributed by atoms with Crippen LogP contribution in [0, 0.1) is 5.92 Å². The summed E-state index contributed by atoms with van der Waals surface area (Å²) >= 11 is 0. The van der Waals surface area contributed by atoms with E-state index >= 15 is 0 Å². The van der Waals surface area contributed by atoms with Gasteiger partial charge in [0.25, 0.3) is 5.91 Å². The monoisotopic (exact) mass is 380 g/mol. The van der Waals surface area contributed by atoms with Crippen molar-refractivity contribution < 1.29 is 14.8 Å². The molecule has 0 aromatic heterocycles. The maximum absolute atomic E-state index is 12.6. The summed E-state index contributed by atoms with van der Waals surface area (Å²) in [5.74, 6) is -0.0352. The molecule has 0 spiro atoms. The summed E-state index contributed by atoms with van der Waals surface area (Å²) in [6, 6.07) is 13.8. The molecule has 2 atom stereocenters. The second kappa shape index (κ2) is 9.02. The highest BCUT2D eigenvalue weighted by molar-refractivity contribution is 5.93. The molecule has 3 rings (SSSR count). The third-order valence-electron chi connectivity index (χ3n) is 5.80. The normalized spacial score (nSPS) is 16.8. The summed E-state index contributed by atoms with van der Waals surface area (Å²) in [6.07, 6.45) is 3.34. The van der Waals surface area contributed by atoms with E-state index in [0.29, 0.717) is 24.4 Å². The van der Waals surface area contributed by atoms with Crippen LogP contribution in [0.5, 0.6) is 0 Å². The SMILES string of the molecule is CCC(C)c1ccc(CNC(=O)C2CCc3ccc(C(=O)NO)cc3C2)cc1. The maximum atomic E-state index is 12.6. The van der Waals surface area contributed by atoms with Crippen molar-refractivity contribution in [2.24, 2.45) is 5.92 Å². The lowest BCUT2D eigenvalue weighted by molar-refractivity contribution is -0.125. The Morgan fingerprint density at radius 2 is 1.89 bits per heavy atom. The van der Waals surface area contributed by atoms with Crippen molar-refractivity contribution >= 4 is 11.8 Å². The van der Waals surface area contributed by atoms with Gasteiger partial charge < -0.3 is 5.32 Å². The highest BCUT2D eigenvalue weighted by Gasteiger charge is 2.25. The molecule has 3 N–H and O–H groups in total. The Kier molecular flexibility index (Phi) is 6.47.